The molecule has 0 saturated heterocycles. The lowest BCUT2D eigenvalue weighted by atomic mass is 10.1. The number of benzene rings is 2. The van der Waals surface area contributed by atoms with E-state index >= 15 is 0 Å². The molecule has 5 nitrogen and oxygen atoms in total. The maximum atomic E-state index is 12.8. The number of nitrogens with zero attached hydrogens (tertiary/aromatic N) is 1. The molecule has 8 heteroatoms. The van der Waals surface area contributed by atoms with E-state index in [0.29, 0.717) is 6.54 Å². The predicted octanol–water partition coefficient (Wildman–Crippen LogP) is 3.19. The summed E-state index contributed by atoms with van der Waals surface area (Å²) in [6.45, 7) is 0.692. The van der Waals surface area contributed by atoms with Crippen molar-refractivity contribution >= 4 is 21.4 Å². The van der Waals surface area contributed by atoms with Gasteiger partial charge in [-0.3, -0.25) is 9.69 Å². The van der Waals surface area contributed by atoms with Crippen LogP contribution in [0.4, 0.5) is 14.5 Å². The molecule has 2 aromatic carbocycles. The lowest BCUT2D eigenvalue weighted by molar-refractivity contribution is -0.117. The van der Waals surface area contributed by atoms with Gasteiger partial charge in [-0.25, -0.2) is 8.42 Å². The van der Waals surface area contributed by atoms with E-state index in [0.717, 1.165) is 18.9 Å². The summed E-state index contributed by atoms with van der Waals surface area (Å²) in [7, 11) is -3.02. The first-order valence-electron chi connectivity index (χ1n) is 8.44. The second-order valence-electron chi connectivity index (χ2n) is 6.18. The molecular weight excluding hydrogens is 374 g/mol. The predicted molar refractivity (Wildman–Crippen MR) is 101 cm³/mol. The Morgan fingerprint density at radius 1 is 1.07 bits per heavy atom. The molecule has 0 fully saturated rings. The lowest BCUT2D eigenvalue weighted by Gasteiger charge is -2.17. The molecule has 0 aromatic heterocycles. The number of sulfone groups is 1. The highest BCUT2D eigenvalue weighted by atomic mass is 32.2. The summed E-state index contributed by atoms with van der Waals surface area (Å²) in [5.41, 5.74) is 1.07. The second-order valence-corrected chi connectivity index (χ2v) is 8.06. The number of para-hydroxylation sites is 1. The molecule has 2 aromatic rings. The van der Waals surface area contributed by atoms with Crippen LogP contribution in [-0.4, -0.2) is 45.1 Å². The molecule has 0 aliphatic heterocycles. The van der Waals surface area contributed by atoms with Crippen molar-refractivity contribution in [3.63, 3.8) is 0 Å². The van der Waals surface area contributed by atoms with Gasteiger partial charge in [0.1, 0.15) is 0 Å². The van der Waals surface area contributed by atoms with E-state index < -0.39 is 26.4 Å². The summed E-state index contributed by atoms with van der Waals surface area (Å²) in [6, 6.07) is 15.1. The highest BCUT2D eigenvalue weighted by Crippen LogP contribution is 2.26. The Bertz CT molecular complexity index is 858. The Balaban J connectivity index is 1.90. The Morgan fingerprint density at radius 2 is 1.70 bits per heavy atom. The number of hydrogen-bond acceptors (Lipinski definition) is 4. The zero-order chi connectivity index (χ0) is 19.9. The molecule has 0 aliphatic rings. The molecule has 146 valence electrons. The van der Waals surface area contributed by atoms with Crippen LogP contribution in [0.3, 0.4) is 0 Å². The van der Waals surface area contributed by atoms with E-state index in [1.165, 1.54) is 23.8 Å². The van der Waals surface area contributed by atoms with Crippen LogP contribution in [0.2, 0.25) is 0 Å². The van der Waals surface area contributed by atoms with Gasteiger partial charge in [0.2, 0.25) is 15.7 Å². The summed E-state index contributed by atoms with van der Waals surface area (Å²) in [5.74, 6) is -4.01. The molecule has 1 amide bonds. The SMILES string of the molecule is CN(CCCc1ccccc1)CC(=O)Nc1ccccc1S(=O)(=O)C(F)F. The zero-order valence-electron chi connectivity index (χ0n) is 14.9. The van der Waals surface area contributed by atoms with Gasteiger partial charge in [-0.1, -0.05) is 42.5 Å². The second kappa shape index (κ2) is 9.57. The van der Waals surface area contributed by atoms with E-state index in [-0.39, 0.29) is 12.2 Å². The molecule has 0 unspecified atom stereocenters. The molecule has 0 saturated carbocycles. The van der Waals surface area contributed by atoms with Crippen molar-refractivity contribution in [3.8, 4) is 0 Å². The van der Waals surface area contributed by atoms with Crippen LogP contribution >= 0.6 is 0 Å². The number of likely N-dealkylation sites (N-methyl/N-ethyl adjacent to an activating group) is 1. The van der Waals surface area contributed by atoms with E-state index in [1.54, 1.807) is 11.9 Å². The number of carbonyl (C=O) groups is 1. The normalized spacial score (nSPS) is 11.7. The van der Waals surface area contributed by atoms with E-state index in [4.69, 9.17) is 0 Å². The van der Waals surface area contributed by atoms with Crippen LogP contribution in [0.15, 0.2) is 59.5 Å². The van der Waals surface area contributed by atoms with Gasteiger partial charge in [0.25, 0.3) is 0 Å². The van der Waals surface area contributed by atoms with E-state index in [1.807, 2.05) is 30.3 Å². The number of nitrogens with one attached hydrogen (secondary N) is 1. The first-order chi connectivity index (χ1) is 12.8. The van der Waals surface area contributed by atoms with E-state index in [9.17, 15) is 22.0 Å². The summed E-state index contributed by atoms with van der Waals surface area (Å²) < 4.78 is 49.0. The fourth-order valence-corrected chi connectivity index (χ4v) is 3.51. The summed E-state index contributed by atoms with van der Waals surface area (Å²) in [6.07, 6.45) is 1.73. The lowest BCUT2D eigenvalue weighted by Crippen LogP contribution is -2.31. The molecular formula is C19H22F2N2O3S. The van der Waals surface area contributed by atoms with Gasteiger partial charge in [-0.15, -0.1) is 0 Å². The largest absolute Gasteiger partial charge is 0.341 e. The van der Waals surface area contributed by atoms with Crippen molar-refractivity contribution in [2.75, 3.05) is 25.5 Å². The average Bonchev–Trinajstić information content (AvgIpc) is 2.62. The molecule has 0 atom stereocenters. The Labute approximate surface area is 157 Å². The molecule has 2 rings (SSSR count). The zero-order valence-corrected chi connectivity index (χ0v) is 15.8. The monoisotopic (exact) mass is 396 g/mol. The quantitative estimate of drug-likeness (QED) is 0.707. The highest BCUT2D eigenvalue weighted by Gasteiger charge is 2.29. The minimum Gasteiger partial charge on any atom is -0.324 e. The third kappa shape index (κ3) is 6.11. The fourth-order valence-electron chi connectivity index (χ4n) is 2.63. The van der Waals surface area contributed by atoms with Crippen LogP contribution in [0, 0.1) is 0 Å². The van der Waals surface area contributed by atoms with Crippen molar-refractivity contribution in [3.05, 3.63) is 60.2 Å². The van der Waals surface area contributed by atoms with Gasteiger partial charge in [-0.05, 0) is 44.1 Å². The topological polar surface area (TPSA) is 66.5 Å². The smallest absolute Gasteiger partial charge is 0.324 e. The minimum absolute atomic E-state index is 0.0256. The number of halogens is 2. The Kier molecular flexibility index (Phi) is 7.44. The van der Waals surface area contributed by atoms with Gasteiger partial charge in [0.05, 0.1) is 17.1 Å². The Hall–Kier alpha value is -2.32. The highest BCUT2D eigenvalue weighted by molar-refractivity contribution is 7.91. The minimum atomic E-state index is -4.79. The number of carbonyl (C=O) groups excluding carboxylic acids is 1. The fraction of sp³-hybridized carbons (Fsp3) is 0.316. The van der Waals surface area contributed by atoms with Gasteiger partial charge < -0.3 is 5.32 Å². The third-order valence-corrected chi connectivity index (χ3v) is 5.40. The summed E-state index contributed by atoms with van der Waals surface area (Å²) in [4.78, 5) is 13.4. The van der Waals surface area contributed by atoms with Crippen LogP contribution < -0.4 is 5.32 Å². The maximum absolute atomic E-state index is 12.8. The van der Waals surface area contributed by atoms with Crippen molar-refractivity contribution in [1.82, 2.24) is 4.90 Å². The molecule has 1 N–H and O–H groups in total. The first-order valence-corrected chi connectivity index (χ1v) is 9.98. The number of alkyl halides is 2. The van der Waals surface area contributed by atoms with Gasteiger partial charge >= 0.3 is 5.76 Å². The van der Waals surface area contributed by atoms with Crippen LogP contribution in [-0.2, 0) is 21.1 Å². The van der Waals surface area contributed by atoms with Crippen LogP contribution in [0.5, 0.6) is 0 Å². The number of aryl methyl sites for hydroxylation is 1. The van der Waals surface area contributed by atoms with Crippen LogP contribution in [0.25, 0.3) is 0 Å². The van der Waals surface area contributed by atoms with Crippen molar-refractivity contribution < 1.29 is 22.0 Å². The van der Waals surface area contributed by atoms with Crippen molar-refractivity contribution in [2.24, 2.45) is 0 Å². The van der Waals surface area contributed by atoms with Gasteiger partial charge in [0.15, 0.2) is 0 Å². The summed E-state index contributed by atoms with van der Waals surface area (Å²) in [5, 5.41) is 2.42. The molecule has 0 bridgehead atoms. The number of hydrogen-bond donors (Lipinski definition) is 1. The number of amides is 1. The average molecular weight is 396 g/mol. The van der Waals surface area contributed by atoms with Crippen LogP contribution in [0.1, 0.15) is 12.0 Å². The number of rotatable bonds is 9. The molecule has 0 radical (unpaired) electrons. The van der Waals surface area contributed by atoms with Crippen molar-refractivity contribution in [1.29, 1.82) is 0 Å². The molecule has 0 spiro atoms. The van der Waals surface area contributed by atoms with E-state index in [2.05, 4.69) is 5.32 Å². The number of anilines is 1. The van der Waals surface area contributed by atoms with Gasteiger partial charge in [-0.2, -0.15) is 8.78 Å². The maximum Gasteiger partial charge on any atom is 0.341 e. The Morgan fingerprint density at radius 3 is 2.37 bits per heavy atom. The summed E-state index contributed by atoms with van der Waals surface area (Å²) >= 11 is 0. The molecule has 0 aliphatic carbocycles. The van der Waals surface area contributed by atoms with Crippen molar-refractivity contribution in [2.45, 2.75) is 23.5 Å². The molecule has 0 heterocycles. The third-order valence-electron chi connectivity index (χ3n) is 3.96. The van der Waals surface area contributed by atoms with Gasteiger partial charge in [0, 0.05) is 0 Å². The first kappa shape index (κ1) is 21.0. The molecule has 27 heavy (non-hydrogen) atoms. The standard InChI is InChI=1S/C19H22F2N2O3S/c1-23(13-7-10-15-8-3-2-4-9-15)14-18(24)22-16-11-5-6-12-17(16)27(25,26)19(20)21/h2-6,8-9,11-12,19H,7,10,13-14H2,1H3,(H,22,24).